The molecule has 0 radical (unpaired) electrons. The zero-order valence-electron chi connectivity index (χ0n) is 7.97. The summed E-state index contributed by atoms with van der Waals surface area (Å²) in [5, 5.41) is 8.67. The van der Waals surface area contributed by atoms with E-state index in [2.05, 4.69) is 0 Å². The molecule has 0 aliphatic heterocycles. The van der Waals surface area contributed by atoms with E-state index in [9.17, 15) is 13.2 Å². The molecule has 15 heavy (non-hydrogen) atoms. The molecule has 0 saturated carbocycles. The Morgan fingerprint density at radius 2 is 2.07 bits per heavy atom. The van der Waals surface area contributed by atoms with Gasteiger partial charge in [-0.05, 0) is 24.6 Å². The molecule has 0 aliphatic rings. The van der Waals surface area contributed by atoms with Gasteiger partial charge in [-0.25, -0.2) is 0 Å². The second-order valence-corrected chi connectivity index (χ2v) is 2.89. The first-order valence-electron chi connectivity index (χ1n) is 4.23. The van der Waals surface area contributed by atoms with Crippen molar-refractivity contribution < 1.29 is 13.2 Å². The summed E-state index contributed by atoms with van der Waals surface area (Å²) in [4.78, 5) is 0. The first-order chi connectivity index (χ1) is 6.99. The molecule has 0 bridgehead atoms. The van der Waals surface area contributed by atoms with Gasteiger partial charge in [-0.15, -0.1) is 0 Å². The van der Waals surface area contributed by atoms with Crippen molar-refractivity contribution in [2.45, 2.75) is 13.1 Å². The molecule has 0 heterocycles. The Morgan fingerprint density at radius 1 is 1.40 bits per heavy atom. The second kappa shape index (κ2) is 4.18. The van der Waals surface area contributed by atoms with Gasteiger partial charge in [-0.3, -0.25) is 0 Å². The van der Waals surface area contributed by atoms with Crippen molar-refractivity contribution in [3.8, 4) is 6.07 Å². The third-order valence-electron chi connectivity index (χ3n) is 1.91. The number of hydrogen-bond acceptors (Lipinski definition) is 1. The topological polar surface area (TPSA) is 23.8 Å². The molecule has 1 nitrogen and oxygen atoms in total. The van der Waals surface area contributed by atoms with Crippen LogP contribution in [-0.4, -0.2) is 0 Å². The Hall–Kier alpha value is -1.76. The fourth-order valence-corrected chi connectivity index (χ4v) is 1.16. The molecule has 78 valence electrons. The molecule has 0 spiro atoms. The summed E-state index contributed by atoms with van der Waals surface area (Å²) < 4.78 is 37.0. The Labute approximate surface area is 85.5 Å². The van der Waals surface area contributed by atoms with E-state index in [0.717, 1.165) is 12.1 Å². The van der Waals surface area contributed by atoms with Gasteiger partial charge in [0.25, 0.3) is 0 Å². The number of nitriles is 1. The van der Waals surface area contributed by atoms with Crippen LogP contribution in [0.5, 0.6) is 0 Å². The third-order valence-corrected chi connectivity index (χ3v) is 1.91. The molecule has 1 aromatic rings. The van der Waals surface area contributed by atoms with Crippen LogP contribution in [0.15, 0.2) is 30.3 Å². The average Bonchev–Trinajstić information content (AvgIpc) is 2.19. The minimum atomic E-state index is -4.37. The first-order valence-corrected chi connectivity index (χ1v) is 4.23. The molecule has 0 unspecified atom stereocenters. The van der Waals surface area contributed by atoms with Crippen LogP contribution in [0, 0.1) is 11.3 Å². The van der Waals surface area contributed by atoms with Crippen LogP contribution in [0.1, 0.15) is 18.1 Å². The van der Waals surface area contributed by atoms with E-state index in [1.54, 1.807) is 6.92 Å². The van der Waals surface area contributed by atoms with Crippen molar-refractivity contribution in [1.29, 1.82) is 5.26 Å². The Balaban J connectivity index is 3.21. The van der Waals surface area contributed by atoms with E-state index in [-0.39, 0.29) is 11.1 Å². The highest BCUT2D eigenvalue weighted by atomic mass is 19.4. The first kappa shape index (κ1) is 11.3. The Kier molecular flexibility index (Phi) is 3.15. The van der Waals surface area contributed by atoms with Crippen molar-refractivity contribution in [3.05, 3.63) is 41.5 Å². The van der Waals surface area contributed by atoms with Crippen molar-refractivity contribution in [1.82, 2.24) is 0 Å². The molecule has 0 N–H and O–H groups in total. The molecule has 1 aromatic carbocycles. The summed E-state index contributed by atoms with van der Waals surface area (Å²) in [6, 6.07) is 6.56. The van der Waals surface area contributed by atoms with Crippen LogP contribution in [0.2, 0.25) is 0 Å². The van der Waals surface area contributed by atoms with Crippen LogP contribution in [-0.2, 0) is 6.18 Å². The van der Waals surface area contributed by atoms with E-state index >= 15 is 0 Å². The summed E-state index contributed by atoms with van der Waals surface area (Å²) >= 11 is 0. The van der Waals surface area contributed by atoms with Crippen molar-refractivity contribution >= 4 is 5.57 Å². The molecule has 4 heteroatoms. The average molecular weight is 211 g/mol. The van der Waals surface area contributed by atoms with Crippen molar-refractivity contribution in [3.63, 3.8) is 0 Å². The lowest BCUT2D eigenvalue weighted by atomic mass is 10.0. The summed E-state index contributed by atoms with van der Waals surface area (Å²) in [5.74, 6) is 0. The normalized spacial score (nSPS) is 12.3. The predicted octanol–water partition coefficient (Wildman–Crippen LogP) is 3.63. The zero-order valence-corrected chi connectivity index (χ0v) is 7.97. The summed E-state index contributed by atoms with van der Waals surface area (Å²) in [6.07, 6.45) is -2.89. The number of hydrogen-bond donors (Lipinski definition) is 0. The van der Waals surface area contributed by atoms with Gasteiger partial charge in [-0.2, -0.15) is 18.4 Å². The Bertz CT molecular complexity index is 424. The second-order valence-electron chi connectivity index (χ2n) is 2.89. The number of rotatable bonds is 1. The van der Waals surface area contributed by atoms with Gasteiger partial charge in [-0.1, -0.05) is 18.2 Å². The fraction of sp³-hybridized carbons (Fsp3) is 0.182. The van der Waals surface area contributed by atoms with Gasteiger partial charge in [0.05, 0.1) is 17.2 Å². The van der Waals surface area contributed by atoms with Gasteiger partial charge in [0.15, 0.2) is 0 Å². The van der Waals surface area contributed by atoms with Crippen LogP contribution in [0.3, 0.4) is 0 Å². The molecule has 0 fully saturated rings. The molecular weight excluding hydrogens is 203 g/mol. The van der Waals surface area contributed by atoms with Crippen LogP contribution in [0.4, 0.5) is 13.2 Å². The highest BCUT2D eigenvalue weighted by Crippen LogP contribution is 2.30. The minimum Gasteiger partial charge on any atom is -0.192 e. The minimum absolute atomic E-state index is 0.237. The number of benzene rings is 1. The molecule has 0 aromatic heterocycles. The fourth-order valence-electron chi connectivity index (χ4n) is 1.16. The van der Waals surface area contributed by atoms with Gasteiger partial charge >= 0.3 is 6.18 Å². The number of alkyl halides is 3. The van der Waals surface area contributed by atoms with Gasteiger partial charge in [0.2, 0.25) is 0 Å². The maximum absolute atomic E-state index is 12.3. The summed E-state index contributed by atoms with van der Waals surface area (Å²) in [5.41, 5.74) is -0.217. The molecule has 0 amide bonds. The third kappa shape index (κ3) is 2.59. The van der Waals surface area contributed by atoms with Gasteiger partial charge in [0.1, 0.15) is 0 Å². The summed E-state index contributed by atoms with van der Waals surface area (Å²) in [6.45, 7) is 1.61. The SMILES string of the molecule is C/C=C(\C#N)c1cccc(C(F)(F)F)c1. The van der Waals surface area contributed by atoms with Gasteiger partial charge < -0.3 is 0 Å². The van der Waals surface area contributed by atoms with Crippen LogP contribution < -0.4 is 0 Å². The Morgan fingerprint density at radius 3 is 2.53 bits per heavy atom. The standard InChI is InChI=1S/C11H8F3N/c1-2-8(7-15)9-4-3-5-10(6-9)11(12,13)14/h2-6H,1H3/b8-2+. The molecule has 0 saturated heterocycles. The van der Waals surface area contributed by atoms with E-state index in [0.29, 0.717) is 0 Å². The molecule has 0 aliphatic carbocycles. The van der Waals surface area contributed by atoms with Crippen LogP contribution in [0.25, 0.3) is 5.57 Å². The highest BCUT2D eigenvalue weighted by Gasteiger charge is 2.30. The van der Waals surface area contributed by atoms with E-state index in [1.165, 1.54) is 18.2 Å². The molecular formula is C11H8F3N. The highest BCUT2D eigenvalue weighted by molar-refractivity contribution is 5.76. The maximum Gasteiger partial charge on any atom is 0.416 e. The number of halogens is 3. The number of allylic oxidation sites excluding steroid dienone is 2. The monoisotopic (exact) mass is 211 g/mol. The molecule has 0 atom stereocenters. The van der Waals surface area contributed by atoms with Crippen molar-refractivity contribution in [2.24, 2.45) is 0 Å². The largest absolute Gasteiger partial charge is 0.416 e. The lowest BCUT2D eigenvalue weighted by molar-refractivity contribution is -0.137. The summed E-state index contributed by atoms with van der Waals surface area (Å²) in [7, 11) is 0. The quantitative estimate of drug-likeness (QED) is 0.650. The van der Waals surface area contributed by atoms with Crippen molar-refractivity contribution in [2.75, 3.05) is 0 Å². The molecule has 1 rings (SSSR count). The van der Waals surface area contributed by atoms with Gasteiger partial charge in [0, 0.05) is 0 Å². The van der Waals surface area contributed by atoms with Crippen LogP contribution >= 0.6 is 0 Å². The lowest BCUT2D eigenvalue weighted by Gasteiger charge is -2.07. The lowest BCUT2D eigenvalue weighted by Crippen LogP contribution is -2.04. The maximum atomic E-state index is 12.3. The van der Waals surface area contributed by atoms with E-state index < -0.39 is 11.7 Å². The zero-order chi connectivity index (χ0) is 11.5. The smallest absolute Gasteiger partial charge is 0.192 e. The number of nitrogens with zero attached hydrogens (tertiary/aromatic N) is 1. The van der Waals surface area contributed by atoms with E-state index in [4.69, 9.17) is 5.26 Å². The predicted molar refractivity (Wildman–Crippen MR) is 50.7 cm³/mol. The van der Waals surface area contributed by atoms with E-state index in [1.807, 2.05) is 6.07 Å².